The molecule has 1 aromatic carbocycles. The number of methoxy groups -OCH3 is 2. The van der Waals surface area contributed by atoms with Gasteiger partial charge >= 0.3 is 0 Å². The molecule has 7 heteroatoms. The summed E-state index contributed by atoms with van der Waals surface area (Å²) in [6, 6.07) is 5.22. The minimum atomic E-state index is -0.340. The molecule has 0 aliphatic carbocycles. The Hall–Kier alpha value is -2.28. The number of carbonyl (C=O) groups is 2. The van der Waals surface area contributed by atoms with Crippen molar-refractivity contribution in [2.75, 3.05) is 47.1 Å². The number of nitrogens with zero attached hydrogens (tertiary/aromatic N) is 2. The van der Waals surface area contributed by atoms with Crippen LogP contribution in [-0.2, 0) is 14.3 Å². The lowest BCUT2D eigenvalue weighted by molar-refractivity contribution is -0.150. The highest BCUT2D eigenvalue weighted by molar-refractivity contribution is 5.85. The Bertz CT molecular complexity index is 687. The second-order valence-electron chi connectivity index (χ2n) is 6.82. The molecule has 0 N–H and O–H groups in total. The first-order valence-corrected chi connectivity index (χ1v) is 9.48. The zero-order valence-electron chi connectivity index (χ0n) is 16.3. The highest BCUT2D eigenvalue weighted by Crippen LogP contribution is 2.42. The average molecular weight is 376 g/mol. The molecule has 2 saturated heterocycles. The Morgan fingerprint density at radius 2 is 1.96 bits per heavy atom. The normalized spacial score (nSPS) is 23.3. The lowest BCUT2D eigenvalue weighted by Gasteiger charge is -2.42. The van der Waals surface area contributed by atoms with Crippen molar-refractivity contribution in [2.45, 2.75) is 25.8 Å². The number of piperidine rings is 1. The van der Waals surface area contributed by atoms with Gasteiger partial charge in [0.05, 0.1) is 39.4 Å². The molecule has 1 aromatic rings. The van der Waals surface area contributed by atoms with Gasteiger partial charge in [-0.15, -0.1) is 0 Å². The van der Waals surface area contributed by atoms with Gasteiger partial charge < -0.3 is 24.0 Å². The zero-order chi connectivity index (χ0) is 19.4. The molecule has 27 heavy (non-hydrogen) atoms. The van der Waals surface area contributed by atoms with Gasteiger partial charge in [-0.25, -0.2) is 0 Å². The molecule has 2 aliphatic rings. The van der Waals surface area contributed by atoms with E-state index >= 15 is 0 Å². The molecule has 2 fully saturated rings. The minimum absolute atomic E-state index is 0.0754. The van der Waals surface area contributed by atoms with E-state index in [0.717, 1.165) is 5.56 Å². The first-order chi connectivity index (χ1) is 13.1. The van der Waals surface area contributed by atoms with Crippen LogP contribution < -0.4 is 9.47 Å². The van der Waals surface area contributed by atoms with E-state index < -0.39 is 0 Å². The Balaban J connectivity index is 1.99. The molecule has 3 rings (SSSR count). The van der Waals surface area contributed by atoms with Crippen LogP contribution in [-0.4, -0.2) is 68.7 Å². The monoisotopic (exact) mass is 376 g/mol. The second kappa shape index (κ2) is 8.61. The molecule has 0 saturated carbocycles. The average Bonchev–Trinajstić information content (AvgIpc) is 2.73. The van der Waals surface area contributed by atoms with Crippen molar-refractivity contribution in [3.05, 3.63) is 23.8 Å². The van der Waals surface area contributed by atoms with E-state index in [0.29, 0.717) is 57.2 Å². The fraction of sp³-hybridized carbons (Fsp3) is 0.600. The van der Waals surface area contributed by atoms with Gasteiger partial charge in [-0.05, 0) is 25.5 Å². The Labute approximate surface area is 160 Å². The van der Waals surface area contributed by atoms with Crippen molar-refractivity contribution < 1.29 is 23.8 Å². The van der Waals surface area contributed by atoms with E-state index in [2.05, 4.69) is 0 Å². The molecule has 2 aliphatic heterocycles. The number of hydrogen-bond donors (Lipinski definition) is 0. The van der Waals surface area contributed by atoms with Crippen molar-refractivity contribution >= 4 is 11.8 Å². The lowest BCUT2D eigenvalue weighted by atomic mass is 9.82. The second-order valence-corrected chi connectivity index (χ2v) is 6.82. The van der Waals surface area contributed by atoms with Crippen LogP contribution >= 0.6 is 0 Å². The van der Waals surface area contributed by atoms with Crippen LogP contribution in [0.15, 0.2) is 18.2 Å². The van der Waals surface area contributed by atoms with Crippen LogP contribution in [0.3, 0.4) is 0 Å². The number of hydrogen-bond acceptors (Lipinski definition) is 5. The summed E-state index contributed by atoms with van der Waals surface area (Å²) >= 11 is 0. The van der Waals surface area contributed by atoms with Gasteiger partial charge in [-0.1, -0.05) is 0 Å². The van der Waals surface area contributed by atoms with Gasteiger partial charge in [-0.2, -0.15) is 0 Å². The van der Waals surface area contributed by atoms with Gasteiger partial charge in [0.25, 0.3) is 0 Å². The Kier molecular flexibility index (Phi) is 6.21. The van der Waals surface area contributed by atoms with E-state index in [1.807, 2.05) is 24.0 Å². The number of carbonyl (C=O) groups excluding carboxylic acids is 2. The van der Waals surface area contributed by atoms with Gasteiger partial charge in [0.15, 0.2) is 0 Å². The standard InChI is InChI=1S/C20H28N2O5/c1-4-22-18(23)8-7-16(20(24)21-9-11-27-12-10-21)19(22)15-6-5-14(25-2)13-17(15)26-3/h5-6,13,16,19H,4,7-12H2,1-3H3/t16-,19+/m1/s1. The predicted octanol–water partition coefficient (Wildman–Crippen LogP) is 1.86. The number of rotatable bonds is 5. The molecule has 0 bridgehead atoms. The van der Waals surface area contributed by atoms with Gasteiger partial charge in [-0.3, -0.25) is 9.59 Å². The van der Waals surface area contributed by atoms with Crippen molar-refractivity contribution in [3.63, 3.8) is 0 Å². The number of amides is 2. The third-order valence-electron chi connectivity index (χ3n) is 5.45. The maximum Gasteiger partial charge on any atom is 0.228 e. The van der Waals surface area contributed by atoms with E-state index in [4.69, 9.17) is 14.2 Å². The van der Waals surface area contributed by atoms with Crippen LogP contribution in [0.2, 0.25) is 0 Å². The third-order valence-corrected chi connectivity index (χ3v) is 5.45. The first kappa shape index (κ1) is 19.5. The number of ether oxygens (including phenoxy) is 3. The molecular formula is C20H28N2O5. The Morgan fingerprint density at radius 3 is 2.59 bits per heavy atom. The molecular weight excluding hydrogens is 348 g/mol. The SMILES string of the molecule is CCN1C(=O)CC[C@@H](C(=O)N2CCOCC2)[C@@H]1c1ccc(OC)cc1OC. The molecule has 2 heterocycles. The maximum atomic E-state index is 13.3. The largest absolute Gasteiger partial charge is 0.497 e. The van der Waals surface area contributed by atoms with Crippen molar-refractivity contribution in [2.24, 2.45) is 5.92 Å². The molecule has 148 valence electrons. The summed E-state index contributed by atoms with van der Waals surface area (Å²) in [5, 5.41) is 0. The molecule has 2 atom stereocenters. The summed E-state index contributed by atoms with van der Waals surface area (Å²) in [6.45, 7) is 4.81. The summed E-state index contributed by atoms with van der Waals surface area (Å²) in [5.41, 5.74) is 0.847. The third kappa shape index (κ3) is 3.88. The van der Waals surface area contributed by atoms with Crippen LogP contribution in [0.5, 0.6) is 11.5 Å². The van der Waals surface area contributed by atoms with Crippen LogP contribution in [0.25, 0.3) is 0 Å². The number of likely N-dealkylation sites (tertiary alicyclic amines) is 1. The van der Waals surface area contributed by atoms with Gasteiger partial charge in [0, 0.05) is 37.7 Å². The minimum Gasteiger partial charge on any atom is -0.497 e. The first-order valence-electron chi connectivity index (χ1n) is 9.48. The summed E-state index contributed by atoms with van der Waals surface area (Å²) in [7, 11) is 3.19. The summed E-state index contributed by atoms with van der Waals surface area (Å²) < 4.78 is 16.3. The van der Waals surface area contributed by atoms with Crippen molar-refractivity contribution in [3.8, 4) is 11.5 Å². The lowest BCUT2D eigenvalue weighted by Crippen LogP contribution is -2.51. The van der Waals surface area contributed by atoms with Crippen LogP contribution in [0.1, 0.15) is 31.4 Å². The van der Waals surface area contributed by atoms with Crippen molar-refractivity contribution in [1.29, 1.82) is 0 Å². The van der Waals surface area contributed by atoms with E-state index in [-0.39, 0.29) is 23.8 Å². The smallest absolute Gasteiger partial charge is 0.228 e. The highest BCUT2D eigenvalue weighted by atomic mass is 16.5. The summed E-state index contributed by atoms with van der Waals surface area (Å²) in [6.07, 6.45) is 0.939. The van der Waals surface area contributed by atoms with E-state index in [1.54, 1.807) is 25.2 Å². The molecule has 7 nitrogen and oxygen atoms in total. The van der Waals surface area contributed by atoms with Gasteiger partial charge in [0.2, 0.25) is 11.8 Å². The molecule has 2 amide bonds. The van der Waals surface area contributed by atoms with Gasteiger partial charge in [0.1, 0.15) is 11.5 Å². The number of benzene rings is 1. The highest BCUT2D eigenvalue weighted by Gasteiger charge is 2.42. The topological polar surface area (TPSA) is 68.3 Å². The fourth-order valence-electron chi connectivity index (χ4n) is 4.05. The summed E-state index contributed by atoms with van der Waals surface area (Å²) in [5.74, 6) is 1.19. The predicted molar refractivity (Wildman–Crippen MR) is 99.8 cm³/mol. The molecule has 0 aromatic heterocycles. The van der Waals surface area contributed by atoms with E-state index in [1.165, 1.54) is 0 Å². The molecule has 0 spiro atoms. The quantitative estimate of drug-likeness (QED) is 0.785. The zero-order valence-corrected chi connectivity index (χ0v) is 16.3. The van der Waals surface area contributed by atoms with Crippen molar-refractivity contribution in [1.82, 2.24) is 9.80 Å². The fourth-order valence-corrected chi connectivity index (χ4v) is 4.05. The maximum absolute atomic E-state index is 13.3. The van der Waals surface area contributed by atoms with E-state index in [9.17, 15) is 9.59 Å². The number of morpholine rings is 1. The molecule has 0 radical (unpaired) electrons. The van der Waals surface area contributed by atoms with Crippen LogP contribution in [0, 0.1) is 5.92 Å². The molecule has 0 unspecified atom stereocenters. The Morgan fingerprint density at radius 1 is 1.22 bits per heavy atom. The van der Waals surface area contributed by atoms with Crippen LogP contribution in [0.4, 0.5) is 0 Å². The summed E-state index contributed by atoms with van der Waals surface area (Å²) in [4.78, 5) is 29.6.